The van der Waals surface area contributed by atoms with Crippen LogP contribution in [0.15, 0.2) is 42.5 Å². The Morgan fingerprint density at radius 3 is 2.60 bits per heavy atom. The predicted molar refractivity (Wildman–Crippen MR) is 80.2 cm³/mol. The number of rotatable bonds is 3. The second-order valence-electron chi connectivity index (χ2n) is 4.94. The van der Waals surface area contributed by atoms with E-state index in [0.29, 0.717) is 11.3 Å². The lowest BCUT2D eigenvalue weighted by molar-refractivity contribution is 0.101. The number of para-hydroxylation sites is 1. The molecule has 0 aromatic heterocycles. The Labute approximate surface area is 118 Å². The second kappa shape index (κ2) is 5.00. The first-order chi connectivity index (χ1) is 9.72. The molecule has 1 heterocycles. The molecule has 1 aliphatic rings. The summed E-state index contributed by atoms with van der Waals surface area (Å²) in [6.45, 7) is 2.48. The maximum absolute atomic E-state index is 12.0. The third kappa shape index (κ3) is 1.95. The molecule has 0 saturated carbocycles. The quantitative estimate of drug-likeness (QED) is 0.796. The molecule has 0 fully saturated rings. The molecule has 2 aromatic rings. The van der Waals surface area contributed by atoms with E-state index in [-0.39, 0.29) is 5.78 Å². The Kier molecular flexibility index (Phi) is 3.18. The van der Waals surface area contributed by atoms with Crippen molar-refractivity contribution >= 4 is 17.2 Å². The van der Waals surface area contributed by atoms with Crippen molar-refractivity contribution in [3.05, 3.63) is 53.6 Å². The Hall–Kier alpha value is -2.29. The third-order valence-corrected chi connectivity index (χ3v) is 3.75. The molecule has 0 atom stereocenters. The molecule has 0 bridgehead atoms. The Bertz CT molecular complexity index is 664. The lowest BCUT2D eigenvalue weighted by Crippen LogP contribution is -2.17. The highest BCUT2D eigenvalue weighted by Crippen LogP contribution is 2.38. The number of hydrogen-bond acceptors (Lipinski definition) is 3. The van der Waals surface area contributed by atoms with E-state index < -0.39 is 0 Å². The van der Waals surface area contributed by atoms with Gasteiger partial charge in [0, 0.05) is 12.2 Å². The molecule has 0 saturated heterocycles. The van der Waals surface area contributed by atoms with E-state index in [0.717, 1.165) is 18.7 Å². The average Bonchev–Trinajstić information content (AvgIpc) is 2.90. The SMILES string of the molecule is COc1cccc(N2CCc3ccccc32)c1C(C)=O. The van der Waals surface area contributed by atoms with E-state index in [1.165, 1.54) is 11.3 Å². The molecule has 0 N–H and O–H groups in total. The van der Waals surface area contributed by atoms with Gasteiger partial charge in [0.2, 0.25) is 0 Å². The second-order valence-corrected chi connectivity index (χ2v) is 4.94. The zero-order valence-corrected chi connectivity index (χ0v) is 11.7. The number of nitrogens with zero attached hydrogens (tertiary/aromatic N) is 1. The van der Waals surface area contributed by atoms with Crippen LogP contribution in [-0.4, -0.2) is 19.4 Å². The minimum Gasteiger partial charge on any atom is -0.496 e. The standard InChI is InChI=1S/C17H17NO2/c1-12(19)17-15(8-5-9-16(17)20-2)18-11-10-13-6-3-4-7-14(13)18/h3-9H,10-11H2,1-2H3. The minimum atomic E-state index is 0.0295. The highest BCUT2D eigenvalue weighted by molar-refractivity contribution is 6.03. The Morgan fingerprint density at radius 2 is 1.85 bits per heavy atom. The van der Waals surface area contributed by atoms with Crippen LogP contribution in [0.3, 0.4) is 0 Å². The number of carbonyl (C=O) groups is 1. The van der Waals surface area contributed by atoms with Gasteiger partial charge >= 0.3 is 0 Å². The van der Waals surface area contributed by atoms with Crippen molar-refractivity contribution in [1.29, 1.82) is 0 Å². The molecule has 3 rings (SSSR count). The molecule has 0 spiro atoms. The Balaban J connectivity index is 2.15. The molecule has 3 heteroatoms. The lowest BCUT2D eigenvalue weighted by Gasteiger charge is -2.23. The first-order valence-electron chi connectivity index (χ1n) is 6.75. The maximum Gasteiger partial charge on any atom is 0.165 e. The van der Waals surface area contributed by atoms with Crippen molar-refractivity contribution in [3.63, 3.8) is 0 Å². The van der Waals surface area contributed by atoms with Crippen LogP contribution < -0.4 is 9.64 Å². The molecular formula is C17H17NO2. The van der Waals surface area contributed by atoms with E-state index in [1.807, 2.05) is 24.3 Å². The van der Waals surface area contributed by atoms with Gasteiger partial charge in [0.15, 0.2) is 5.78 Å². The van der Waals surface area contributed by atoms with Crippen LogP contribution in [0.2, 0.25) is 0 Å². The van der Waals surface area contributed by atoms with Gasteiger partial charge in [0.1, 0.15) is 5.75 Å². The van der Waals surface area contributed by atoms with Crippen molar-refractivity contribution in [2.75, 3.05) is 18.6 Å². The number of ether oxygens (including phenoxy) is 1. The molecule has 2 aromatic carbocycles. The van der Waals surface area contributed by atoms with Crippen LogP contribution in [-0.2, 0) is 6.42 Å². The van der Waals surface area contributed by atoms with E-state index in [9.17, 15) is 4.79 Å². The first kappa shape index (κ1) is 12.7. The highest BCUT2D eigenvalue weighted by atomic mass is 16.5. The summed E-state index contributed by atoms with van der Waals surface area (Å²) >= 11 is 0. The summed E-state index contributed by atoms with van der Waals surface area (Å²) in [6, 6.07) is 14.1. The molecule has 3 nitrogen and oxygen atoms in total. The Morgan fingerprint density at radius 1 is 1.10 bits per heavy atom. The molecule has 1 aliphatic heterocycles. The van der Waals surface area contributed by atoms with E-state index in [4.69, 9.17) is 4.74 Å². The van der Waals surface area contributed by atoms with Gasteiger partial charge in [-0.2, -0.15) is 0 Å². The van der Waals surface area contributed by atoms with E-state index >= 15 is 0 Å². The maximum atomic E-state index is 12.0. The summed E-state index contributed by atoms with van der Waals surface area (Å²) in [5.41, 5.74) is 4.10. The molecule has 20 heavy (non-hydrogen) atoms. The van der Waals surface area contributed by atoms with Crippen LogP contribution in [0.4, 0.5) is 11.4 Å². The number of benzene rings is 2. The summed E-state index contributed by atoms with van der Waals surface area (Å²) in [5, 5.41) is 0. The van der Waals surface area contributed by atoms with Gasteiger partial charge in [-0.25, -0.2) is 0 Å². The van der Waals surface area contributed by atoms with Crippen LogP contribution in [0.5, 0.6) is 5.75 Å². The molecule has 0 amide bonds. The zero-order chi connectivity index (χ0) is 14.1. The molecule has 0 unspecified atom stereocenters. The van der Waals surface area contributed by atoms with Gasteiger partial charge in [-0.1, -0.05) is 24.3 Å². The normalized spacial score (nSPS) is 13.2. The number of fused-ring (bicyclic) bond motifs is 1. The minimum absolute atomic E-state index is 0.0295. The van der Waals surface area contributed by atoms with Crippen molar-refractivity contribution < 1.29 is 9.53 Å². The topological polar surface area (TPSA) is 29.5 Å². The van der Waals surface area contributed by atoms with Gasteiger partial charge in [-0.3, -0.25) is 4.79 Å². The fourth-order valence-corrected chi connectivity index (χ4v) is 2.86. The third-order valence-electron chi connectivity index (χ3n) is 3.75. The number of methoxy groups -OCH3 is 1. The van der Waals surface area contributed by atoms with Crippen LogP contribution in [0, 0.1) is 0 Å². The van der Waals surface area contributed by atoms with Crippen molar-refractivity contribution in [1.82, 2.24) is 0 Å². The molecular weight excluding hydrogens is 250 g/mol. The fraction of sp³-hybridized carbons (Fsp3) is 0.235. The van der Waals surface area contributed by atoms with Crippen molar-refractivity contribution in [2.45, 2.75) is 13.3 Å². The van der Waals surface area contributed by atoms with Crippen LogP contribution in [0.25, 0.3) is 0 Å². The van der Waals surface area contributed by atoms with E-state index in [1.54, 1.807) is 14.0 Å². The van der Waals surface area contributed by atoms with Crippen LogP contribution >= 0.6 is 0 Å². The predicted octanol–water partition coefficient (Wildman–Crippen LogP) is 3.59. The number of hydrogen-bond donors (Lipinski definition) is 0. The van der Waals surface area contributed by atoms with Gasteiger partial charge in [0.25, 0.3) is 0 Å². The fourth-order valence-electron chi connectivity index (χ4n) is 2.86. The number of Topliss-reactive ketones (excluding diaryl/α,β-unsaturated/α-hetero) is 1. The van der Waals surface area contributed by atoms with Gasteiger partial charge in [-0.15, -0.1) is 0 Å². The average molecular weight is 267 g/mol. The largest absolute Gasteiger partial charge is 0.496 e. The summed E-state index contributed by atoms with van der Waals surface area (Å²) in [6.07, 6.45) is 1.00. The highest BCUT2D eigenvalue weighted by Gasteiger charge is 2.24. The first-order valence-corrected chi connectivity index (χ1v) is 6.75. The number of ketones is 1. The lowest BCUT2D eigenvalue weighted by atomic mass is 10.1. The number of anilines is 2. The van der Waals surface area contributed by atoms with E-state index in [2.05, 4.69) is 23.1 Å². The van der Waals surface area contributed by atoms with Gasteiger partial charge < -0.3 is 9.64 Å². The van der Waals surface area contributed by atoms with Crippen LogP contribution in [0.1, 0.15) is 22.8 Å². The van der Waals surface area contributed by atoms with Crippen molar-refractivity contribution in [3.8, 4) is 5.75 Å². The molecule has 102 valence electrons. The summed E-state index contributed by atoms with van der Waals surface area (Å²) in [4.78, 5) is 14.2. The smallest absolute Gasteiger partial charge is 0.165 e. The monoisotopic (exact) mass is 267 g/mol. The van der Waals surface area contributed by atoms with Crippen molar-refractivity contribution in [2.24, 2.45) is 0 Å². The summed E-state index contributed by atoms with van der Waals surface area (Å²) in [7, 11) is 1.60. The number of carbonyl (C=O) groups excluding carboxylic acids is 1. The molecule has 0 aliphatic carbocycles. The van der Waals surface area contributed by atoms with Gasteiger partial charge in [0.05, 0.1) is 18.4 Å². The summed E-state index contributed by atoms with van der Waals surface area (Å²) in [5.74, 6) is 0.668. The summed E-state index contributed by atoms with van der Waals surface area (Å²) < 4.78 is 5.35. The zero-order valence-electron chi connectivity index (χ0n) is 11.7. The van der Waals surface area contributed by atoms with Gasteiger partial charge in [-0.05, 0) is 37.1 Å². The molecule has 0 radical (unpaired) electrons.